The zero-order chi connectivity index (χ0) is 43.7. The van der Waals surface area contributed by atoms with E-state index in [9.17, 15) is 9.59 Å². The van der Waals surface area contributed by atoms with Crippen LogP contribution in [0.15, 0.2) is 78.9 Å². The lowest BCUT2D eigenvalue weighted by Crippen LogP contribution is -2.27. The number of carbonyl (C=O) groups is 2. The molecule has 8 aliphatic carbocycles. The van der Waals surface area contributed by atoms with Gasteiger partial charge in [-0.15, -0.1) is 0 Å². The van der Waals surface area contributed by atoms with E-state index in [1.807, 2.05) is 0 Å². The Hall–Kier alpha value is -5.54. The molecule has 0 saturated heterocycles. The average molecular weight is 836 g/mol. The summed E-state index contributed by atoms with van der Waals surface area (Å²) in [4.78, 5) is 29.3. The van der Waals surface area contributed by atoms with Crippen molar-refractivity contribution in [3.05, 3.63) is 146 Å². The van der Waals surface area contributed by atoms with Crippen molar-refractivity contribution >= 4 is 49.7 Å². The Morgan fingerprint density at radius 2 is 0.969 bits per heavy atom. The molecule has 64 heavy (non-hydrogen) atoms. The fourth-order valence-electron chi connectivity index (χ4n) is 15.1. The molecular weight excluding hydrogens is 779 g/mol. The number of carbonyl (C=O) groups excluding carboxylic acids is 2. The van der Waals surface area contributed by atoms with Crippen LogP contribution in [0.2, 0.25) is 0 Å². The average Bonchev–Trinajstić information content (AvgIpc) is 3.87. The number of aromatic nitrogens is 1. The molecule has 2 heterocycles. The lowest BCUT2D eigenvalue weighted by molar-refractivity contribution is 0.0891. The summed E-state index contributed by atoms with van der Waals surface area (Å²) < 4.78 is 2.54. The van der Waals surface area contributed by atoms with Crippen LogP contribution in [0.1, 0.15) is 181 Å². The number of aryl methyl sites for hydroxylation is 2. The van der Waals surface area contributed by atoms with Crippen LogP contribution in [-0.2, 0) is 16.2 Å². The second-order valence-electron chi connectivity index (χ2n) is 23.3. The van der Waals surface area contributed by atoms with E-state index in [1.54, 1.807) is 0 Å². The first-order valence-electron chi connectivity index (χ1n) is 24.5. The summed E-state index contributed by atoms with van der Waals surface area (Å²) in [5.74, 6) is 1.73. The normalized spacial score (nSPS) is 22.7. The van der Waals surface area contributed by atoms with Crippen molar-refractivity contribution in [3.8, 4) is 22.3 Å². The second kappa shape index (κ2) is 12.0. The van der Waals surface area contributed by atoms with E-state index >= 15 is 0 Å². The third-order valence-corrected chi connectivity index (χ3v) is 18.2. The number of benzene rings is 6. The fraction of sp³-hybridized carbons (Fsp3) is 0.377. The lowest BCUT2D eigenvalue weighted by Gasteiger charge is -2.33. The number of Topliss-reactive ketones (excluding diaryl/α,β-unsaturated/α-hetero) is 2. The van der Waals surface area contributed by atoms with Crippen LogP contribution >= 0.6 is 0 Å². The van der Waals surface area contributed by atoms with Gasteiger partial charge >= 0.3 is 0 Å². The number of rotatable bonds is 0. The fourth-order valence-corrected chi connectivity index (χ4v) is 15.1. The molecule has 318 valence electrons. The molecule has 0 amide bonds. The molecule has 0 atom stereocenters. The maximum absolute atomic E-state index is 14.7. The van der Waals surface area contributed by atoms with Crippen molar-refractivity contribution < 1.29 is 9.59 Å². The number of ketones is 2. The van der Waals surface area contributed by atoms with E-state index in [1.165, 1.54) is 105 Å². The summed E-state index contributed by atoms with van der Waals surface area (Å²) in [6.45, 7) is 18.8. The van der Waals surface area contributed by atoms with Crippen molar-refractivity contribution in [1.82, 2.24) is 4.40 Å². The zero-order valence-electron chi connectivity index (χ0n) is 38.7. The lowest BCUT2D eigenvalue weighted by atomic mass is 9.68. The Morgan fingerprint density at radius 3 is 1.50 bits per heavy atom. The van der Waals surface area contributed by atoms with Gasteiger partial charge in [-0.05, 0) is 184 Å². The molecule has 3 heteroatoms. The van der Waals surface area contributed by atoms with E-state index in [4.69, 9.17) is 0 Å². The molecular formula is C61H57NO2. The summed E-state index contributed by atoms with van der Waals surface area (Å²) in [7, 11) is 0. The van der Waals surface area contributed by atoms with Gasteiger partial charge in [0, 0.05) is 44.5 Å². The minimum Gasteiger partial charge on any atom is -0.308 e. The standard InChI is InChI=1S/C61H57NO2/c1-30-50-32-13-17-34(18-14-32)57(63)42(50)28-48-52(30)41-27-47-54(55-53-31(2)51-33-15-19-35(20-16-33)58(64)43(51)29-49(53)62(48)56(41)55)40-11-9-10-12-44(40)61(47)45-25-36(59(3,4)5)21-23-38(45)39-24-22-37(26-46(39)61)60(6,7)8/h9-12,21-29,32-35H,13-20H2,1-8H3. The predicted molar refractivity (Wildman–Crippen MR) is 262 cm³/mol. The molecule has 2 aromatic heterocycles. The first-order valence-corrected chi connectivity index (χ1v) is 24.5. The van der Waals surface area contributed by atoms with Crippen molar-refractivity contribution in [2.75, 3.05) is 0 Å². The molecule has 8 aromatic rings. The Labute approximate surface area is 376 Å². The second-order valence-corrected chi connectivity index (χ2v) is 23.3. The first-order chi connectivity index (χ1) is 30.7. The first kappa shape index (κ1) is 37.8. The summed E-state index contributed by atoms with van der Waals surface area (Å²) in [6, 6.07) is 31.4. The predicted octanol–water partition coefficient (Wildman–Crippen LogP) is 15.3. The summed E-state index contributed by atoms with van der Waals surface area (Å²) >= 11 is 0. The third-order valence-electron chi connectivity index (χ3n) is 18.2. The molecule has 8 aliphatic rings. The minimum atomic E-state index is -0.552. The summed E-state index contributed by atoms with van der Waals surface area (Å²) in [5, 5.41) is 5.20. The summed E-state index contributed by atoms with van der Waals surface area (Å²) in [5.41, 5.74) is 23.5. The van der Waals surface area contributed by atoms with Crippen LogP contribution in [0.25, 0.3) is 60.3 Å². The highest BCUT2D eigenvalue weighted by atomic mass is 16.1. The Kier molecular flexibility index (Phi) is 7.10. The Balaban J connectivity index is 1.23. The van der Waals surface area contributed by atoms with Crippen molar-refractivity contribution in [3.63, 3.8) is 0 Å². The van der Waals surface area contributed by atoms with Crippen LogP contribution in [0.3, 0.4) is 0 Å². The van der Waals surface area contributed by atoms with Gasteiger partial charge in [-0.25, -0.2) is 0 Å². The van der Waals surface area contributed by atoms with Crippen molar-refractivity contribution in [2.45, 2.75) is 135 Å². The van der Waals surface area contributed by atoms with Gasteiger partial charge < -0.3 is 4.40 Å². The van der Waals surface area contributed by atoms with Crippen molar-refractivity contribution in [1.29, 1.82) is 0 Å². The number of hydrogen-bond donors (Lipinski definition) is 0. The largest absolute Gasteiger partial charge is 0.308 e. The van der Waals surface area contributed by atoms with Crippen LogP contribution in [-0.4, -0.2) is 16.0 Å². The monoisotopic (exact) mass is 835 g/mol. The molecule has 4 bridgehead atoms. The minimum absolute atomic E-state index is 0.0376. The quantitative estimate of drug-likeness (QED) is 0.153. The van der Waals surface area contributed by atoms with E-state index in [2.05, 4.69) is 139 Å². The maximum Gasteiger partial charge on any atom is 0.166 e. The highest BCUT2D eigenvalue weighted by molar-refractivity contribution is 6.31. The van der Waals surface area contributed by atoms with E-state index in [-0.39, 0.29) is 22.7 Å². The third kappa shape index (κ3) is 4.37. The molecule has 0 radical (unpaired) electrons. The number of hydrogen-bond acceptors (Lipinski definition) is 2. The van der Waals surface area contributed by atoms with Crippen LogP contribution in [0, 0.1) is 25.7 Å². The molecule has 6 aromatic carbocycles. The number of fused-ring (bicyclic) bond motifs is 21. The molecule has 0 aliphatic heterocycles. The summed E-state index contributed by atoms with van der Waals surface area (Å²) in [6.07, 6.45) is 8.31. The Morgan fingerprint density at radius 1 is 0.484 bits per heavy atom. The van der Waals surface area contributed by atoms with Gasteiger partial charge in [0.05, 0.1) is 22.0 Å². The molecule has 1 spiro atoms. The van der Waals surface area contributed by atoms with Crippen LogP contribution in [0.5, 0.6) is 0 Å². The van der Waals surface area contributed by atoms with Gasteiger partial charge in [0.15, 0.2) is 11.6 Å². The molecule has 0 unspecified atom stereocenters. The van der Waals surface area contributed by atoms with Crippen LogP contribution in [0.4, 0.5) is 0 Å². The molecule has 2 saturated carbocycles. The topological polar surface area (TPSA) is 38.5 Å². The van der Waals surface area contributed by atoms with E-state index < -0.39 is 5.41 Å². The zero-order valence-corrected chi connectivity index (χ0v) is 38.7. The van der Waals surface area contributed by atoms with Gasteiger partial charge in [0.2, 0.25) is 0 Å². The molecule has 16 rings (SSSR count). The SMILES string of the molecule is Cc1c2c(cc3c1c1cc4c(c5c6c(C)c7c(cc6n3c15)C(=O)C1CCC7CC1)-c1ccccc1C41c3cc(C(C)(C)C)ccc3-c3ccc(C(C)(C)C)cc31)C(=O)C1CCC2CC1. The van der Waals surface area contributed by atoms with E-state index in [0.717, 1.165) is 73.5 Å². The molecule has 0 N–H and O–H groups in total. The van der Waals surface area contributed by atoms with Crippen molar-refractivity contribution in [2.24, 2.45) is 11.8 Å². The van der Waals surface area contributed by atoms with Gasteiger partial charge in [-0.3, -0.25) is 9.59 Å². The van der Waals surface area contributed by atoms with Gasteiger partial charge in [0.25, 0.3) is 0 Å². The van der Waals surface area contributed by atoms with Gasteiger partial charge in [0.1, 0.15) is 0 Å². The van der Waals surface area contributed by atoms with E-state index in [0.29, 0.717) is 23.4 Å². The number of nitrogens with zero attached hydrogens (tertiary/aromatic N) is 1. The maximum atomic E-state index is 14.7. The van der Waals surface area contributed by atoms with Gasteiger partial charge in [-0.2, -0.15) is 0 Å². The van der Waals surface area contributed by atoms with Gasteiger partial charge in [-0.1, -0.05) is 102 Å². The molecule has 2 fully saturated rings. The Bertz CT molecular complexity index is 3420. The smallest absolute Gasteiger partial charge is 0.166 e. The highest BCUT2D eigenvalue weighted by Gasteiger charge is 2.54. The molecule has 3 nitrogen and oxygen atoms in total. The highest BCUT2D eigenvalue weighted by Crippen LogP contribution is 2.66. The van der Waals surface area contributed by atoms with Crippen LogP contribution < -0.4 is 0 Å².